The highest BCUT2D eigenvalue weighted by Crippen LogP contribution is 1.99. The van der Waals surface area contributed by atoms with Crippen LogP contribution in [0.2, 0.25) is 0 Å². The van der Waals surface area contributed by atoms with Crippen LogP contribution in [-0.2, 0) is 4.74 Å². The minimum absolute atomic E-state index is 0.0370. The van der Waals surface area contributed by atoms with Gasteiger partial charge >= 0.3 is 0 Å². The van der Waals surface area contributed by atoms with E-state index >= 15 is 0 Å². The molecule has 0 bridgehead atoms. The molecular formula is C5H11ClO2. The van der Waals surface area contributed by atoms with Crippen LogP contribution in [0.15, 0.2) is 0 Å². The van der Waals surface area contributed by atoms with Gasteiger partial charge in [-0.2, -0.15) is 0 Å². The average Bonchev–Trinajstić information content (AvgIpc) is 1.68. The number of rotatable bonds is 4. The van der Waals surface area contributed by atoms with Crippen molar-refractivity contribution in [2.75, 3.05) is 20.3 Å². The van der Waals surface area contributed by atoms with E-state index < -0.39 is 0 Å². The van der Waals surface area contributed by atoms with Gasteiger partial charge in [-0.1, -0.05) is 0 Å². The van der Waals surface area contributed by atoms with E-state index in [2.05, 4.69) is 0 Å². The van der Waals surface area contributed by atoms with Gasteiger partial charge in [0.25, 0.3) is 0 Å². The first-order valence-electron chi connectivity index (χ1n) is 2.55. The molecule has 0 aromatic carbocycles. The molecule has 50 valence electrons. The number of hydrogen-bond donors (Lipinski definition) is 1. The lowest BCUT2D eigenvalue weighted by Crippen LogP contribution is -2.08. The Hall–Kier alpha value is 0.210. The van der Waals surface area contributed by atoms with Crippen LogP contribution in [0.5, 0.6) is 0 Å². The van der Waals surface area contributed by atoms with Gasteiger partial charge in [-0.25, -0.2) is 0 Å². The Labute approximate surface area is 54.4 Å². The highest BCUT2D eigenvalue weighted by molar-refractivity contribution is 6.20. The molecule has 0 saturated carbocycles. The molecular weight excluding hydrogens is 128 g/mol. The first kappa shape index (κ1) is 8.21. The van der Waals surface area contributed by atoms with E-state index in [9.17, 15) is 0 Å². The standard InChI is InChI=1S/C5H11ClO2/c1-8-4-5(6)2-3-7/h5,7H,2-4H2,1H3. The van der Waals surface area contributed by atoms with Gasteiger partial charge in [-0.3, -0.25) is 0 Å². The summed E-state index contributed by atoms with van der Waals surface area (Å²) in [5.41, 5.74) is 0. The molecule has 0 aromatic heterocycles. The van der Waals surface area contributed by atoms with E-state index in [0.29, 0.717) is 13.0 Å². The van der Waals surface area contributed by atoms with E-state index in [-0.39, 0.29) is 12.0 Å². The monoisotopic (exact) mass is 138 g/mol. The molecule has 0 radical (unpaired) electrons. The Morgan fingerprint density at radius 1 is 1.75 bits per heavy atom. The number of methoxy groups -OCH3 is 1. The maximum Gasteiger partial charge on any atom is 0.0627 e. The molecule has 2 nitrogen and oxygen atoms in total. The van der Waals surface area contributed by atoms with Gasteiger partial charge in [0.1, 0.15) is 0 Å². The lowest BCUT2D eigenvalue weighted by Gasteiger charge is -2.03. The molecule has 0 amide bonds. The summed E-state index contributed by atoms with van der Waals surface area (Å²) in [7, 11) is 1.59. The van der Waals surface area contributed by atoms with Crippen LogP contribution >= 0.6 is 11.6 Å². The summed E-state index contributed by atoms with van der Waals surface area (Å²) in [5.74, 6) is 0. The second-order valence-electron chi connectivity index (χ2n) is 1.56. The highest BCUT2D eigenvalue weighted by atomic mass is 35.5. The van der Waals surface area contributed by atoms with Crippen molar-refractivity contribution in [1.82, 2.24) is 0 Å². The van der Waals surface area contributed by atoms with E-state index in [4.69, 9.17) is 21.4 Å². The van der Waals surface area contributed by atoms with Crippen LogP contribution in [0.1, 0.15) is 6.42 Å². The van der Waals surface area contributed by atoms with E-state index in [0.717, 1.165) is 0 Å². The summed E-state index contributed by atoms with van der Waals surface area (Å²) in [6.45, 7) is 0.652. The fraction of sp³-hybridized carbons (Fsp3) is 1.00. The van der Waals surface area contributed by atoms with Crippen molar-refractivity contribution in [2.45, 2.75) is 11.8 Å². The van der Waals surface area contributed by atoms with Crippen LogP contribution in [0, 0.1) is 0 Å². The van der Waals surface area contributed by atoms with E-state index in [1.807, 2.05) is 0 Å². The summed E-state index contributed by atoms with van der Waals surface area (Å²) in [5, 5.41) is 8.29. The zero-order valence-electron chi connectivity index (χ0n) is 4.93. The van der Waals surface area contributed by atoms with Crippen molar-refractivity contribution < 1.29 is 9.84 Å². The molecule has 0 saturated heterocycles. The molecule has 0 heterocycles. The normalized spacial score (nSPS) is 13.9. The molecule has 0 fully saturated rings. The molecule has 0 spiro atoms. The smallest absolute Gasteiger partial charge is 0.0627 e. The Morgan fingerprint density at radius 2 is 2.38 bits per heavy atom. The number of halogens is 1. The molecule has 1 atom stereocenters. The minimum atomic E-state index is -0.0370. The Kier molecular flexibility index (Phi) is 5.49. The van der Waals surface area contributed by atoms with Gasteiger partial charge in [-0.05, 0) is 6.42 Å². The summed E-state index contributed by atoms with van der Waals surface area (Å²) in [6.07, 6.45) is 0.607. The van der Waals surface area contributed by atoms with Crippen molar-refractivity contribution >= 4 is 11.6 Å². The van der Waals surface area contributed by atoms with Gasteiger partial charge in [0.15, 0.2) is 0 Å². The Bertz CT molecular complexity index is 43.7. The molecule has 1 unspecified atom stereocenters. The summed E-state index contributed by atoms with van der Waals surface area (Å²) in [4.78, 5) is 0. The predicted molar refractivity (Wildman–Crippen MR) is 33.2 cm³/mol. The third-order valence-corrected chi connectivity index (χ3v) is 1.13. The molecule has 0 rings (SSSR count). The van der Waals surface area contributed by atoms with Crippen molar-refractivity contribution in [3.63, 3.8) is 0 Å². The van der Waals surface area contributed by atoms with Gasteiger partial charge in [0, 0.05) is 13.7 Å². The van der Waals surface area contributed by atoms with Crippen LogP contribution in [0.25, 0.3) is 0 Å². The minimum Gasteiger partial charge on any atom is -0.396 e. The van der Waals surface area contributed by atoms with Gasteiger partial charge < -0.3 is 9.84 Å². The van der Waals surface area contributed by atoms with Crippen molar-refractivity contribution in [3.8, 4) is 0 Å². The fourth-order valence-corrected chi connectivity index (χ4v) is 0.628. The van der Waals surface area contributed by atoms with Crippen molar-refractivity contribution in [1.29, 1.82) is 0 Å². The number of ether oxygens (including phenoxy) is 1. The second kappa shape index (κ2) is 5.35. The molecule has 0 aromatic rings. The number of hydrogen-bond acceptors (Lipinski definition) is 2. The lowest BCUT2D eigenvalue weighted by atomic mass is 10.3. The molecule has 0 aliphatic heterocycles. The maximum absolute atomic E-state index is 8.32. The summed E-state index contributed by atoms with van der Waals surface area (Å²) in [6, 6.07) is 0. The number of aliphatic hydroxyl groups excluding tert-OH is 1. The Morgan fingerprint density at radius 3 is 2.75 bits per heavy atom. The number of aliphatic hydroxyl groups is 1. The third kappa shape index (κ3) is 4.37. The van der Waals surface area contributed by atoms with Crippen molar-refractivity contribution in [3.05, 3.63) is 0 Å². The van der Waals surface area contributed by atoms with Crippen LogP contribution in [0.3, 0.4) is 0 Å². The molecule has 0 aliphatic carbocycles. The average molecular weight is 139 g/mol. The first-order chi connectivity index (χ1) is 3.81. The first-order valence-corrected chi connectivity index (χ1v) is 2.98. The highest BCUT2D eigenvalue weighted by Gasteiger charge is 2.00. The number of alkyl halides is 1. The zero-order chi connectivity index (χ0) is 6.41. The summed E-state index contributed by atoms with van der Waals surface area (Å²) >= 11 is 5.60. The summed E-state index contributed by atoms with van der Waals surface area (Å²) < 4.78 is 4.71. The molecule has 0 aliphatic rings. The fourth-order valence-electron chi connectivity index (χ4n) is 0.404. The molecule has 3 heteroatoms. The van der Waals surface area contributed by atoms with Crippen LogP contribution in [0.4, 0.5) is 0 Å². The predicted octanol–water partition coefficient (Wildman–Crippen LogP) is 0.623. The zero-order valence-corrected chi connectivity index (χ0v) is 5.69. The Balaban J connectivity index is 2.92. The van der Waals surface area contributed by atoms with Crippen LogP contribution in [-0.4, -0.2) is 30.8 Å². The maximum atomic E-state index is 8.32. The third-order valence-electron chi connectivity index (χ3n) is 0.790. The SMILES string of the molecule is COCC(Cl)CCO. The molecule has 1 N–H and O–H groups in total. The van der Waals surface area contributed by atoms with Gasteiger partial charge in [-0.15, -0.1) is 11.6 Å². The van der Waals surface area contributed by atoms with Crippen LogP contribution < -0.4 is 0 Å². The van der Waals surface area contributed by atoms with Gasteiger partial charge in [0.2, 0.25) is 0 Å². The quantitative estimate of drug-likeness (QED) is 0.578. The van der Waals surface area contributed by atoms with Crippen molar-refractivity contribution in [2.24, 2.45) is 0 Å². The van der Waals surface area contributed by atoms with Gasteiger partial charge in [0.05, 0.1) is 12.0 Å². The lowest BCUT2D eigenvalue weighted by molar-refractivity contribution is 0.184. The molecule has 8 heavy (non-hydrogen) atoms. The largest absolute Gasteiger partial charge is 0.396 e. The van der Waals surface area contributed by atoms with E-state index in [1.165, 1.54) is 0 Å². The second-order valence-corrected chi connectivity index (χ2v) is 2.18. The topological polar surface area (TPSA) is 29.5 Å². The van der Waals surface area contributed by atoms with E-state index in [1.54, 1.807) is 7.11 Å².